The summed E-state index contributed by atoms with van der Waals surface area (Å²) in [5.41, 5.74) is 6.69. The van der Waals surface area contributed by atoms with Gasteiger partial charge in [0.2, 0.25) is 5.91 Å². The van der Waals surface area contributed by atoms with E-state index in [2.05, 4.69) is 0 Å². The van der Waals surface area contributed by atoms with Crippen molar-refractivity contribution in [2.45, 2.75) is 24.7 Å². The van der Waals surface area contributed by atoms with E-state index in [-0.39, 0.29) is 11.3 Å². The lowest BCUT2D eigenvalue weighted by molar-refractivity contribution is -0.130. The number of nitrogens with zero attached hydrogens (tertiary/aromatic N) is 1. The zero-order valence-corrected chi connectivity index (χ0v) is 11.4. The van der Waals surface area contributed by atoms with Gasteiger partial charge < -0.3 is 10.6 Å². The maximum Gasteiger partial charge on any atom is 0.223 e. The van der Waals surface area contributed by atoms with Gasteiger partial charge in [0, 0.05) is 37.0 Å². The zero-order chi connectivity index (χ0) is 13.2. The van der Waals surface area contributed by atoms with E-state index in [0.29, 0.717) is 18.0 Å². The van der Waals surface area contributed by atoms with Gasteiger partial charge in [0.25, 0.3) is 0 Å². The molecule has 0 saturated carbocycles. The van der Waals surface area contributed by atoms with E-state index >= 15 is 0 Å². The van der Waals surface area contributed by atoms with Crippen LogP contribution in [-0.2, 0) is 10.2 Å². The summed E-state index contributed by atoms with van der Waals surface area (Å²) in [7, 11) is 1.85. The fourth-order valence-corrected chi connectivity index (χ4v) is 3.03. The predicted molar refractivity (Wildman–Crippen MR) is 73.7 cm³/mol. The van der Waals surface area contributed by atoms with Crippen LogP contribution in [0.25, 0.3) is 0 Å². The first-order valence-electron chi connectivity index (χ1n) is 6.28. The summed E-state index contributed by atoms with van der Waals surface area (Å²) >= 11 is 6.28. The number of halogens is 1. The summed E-state index contributed by atoms with van der Waals surface area (Å²) in [6, 6.07) is 7.72. The molecule has 18 heavy (non-hydrogen) atoms. The van der Waals surface area contributed by atoms with E-state index in [0.717, 1.165) is 24.9 Å². The number of carbonyl (C=O) groups excluding carboxylic acids is 1. The van der Waals surface area contributed by atoms with Crippen molar-refractivity contribution in [3.63, 3.8) is 0 Å². The van der Waals surface area contributed by atoms with Gasteiger partial charge in [-0.1, -0.05) is 29.8 Å². The maximum atomic E-state index is 12.1. The zero-order valence-electron chi connectivity index (χ0n) is 10.7. The molecule has 3 nitrogen and oxygen atoms in total. The minimum absolute atomic E-state index is 0.151. The fraction of sp³-hybridized carbons (Fsp3) is 0.500. The average molecular weight is 267 g/mol. The number of rotatable bonds is 2. The van der Waals surface area contributed by atoms with Gasteiger partial charge in [-0.2, -0.15) is 0 Å². The highest BCUT2D eigenvalue weighted by atomic mass is 35.5. The Morgan fingerprint density at radius 2 is 2.17 bits per heavy atom. The molecule has 0 spiro atoms. The summed E-state index contributed by atoms with van der Waals surface area (Å²) in [6.45, 7) is 1.25. The lowest BCUT2D eigenvalue weighted by Crippen LogP contribution is -2.38. The number of hydrogen-bond donors (Lipinski definition) is 1. The number of benzene rings is 1. The normalized spacial score (nSPS) is 25.1. The number of amides is 1. The Morgan fingerprint density at radius 1 is 1.44 bits per heavy atom. The van der Waals surface area contributed by atoms with Crippen LogP contribution in [0, 0.1) is 0 Å². The molecule has 4 heteroatoms. The van der Waals surface area contributed by atoms with Crippen LogP contribution in [0.5, 0.6) is 0 Å². The maximum absolute atomic E-state index is 12.1. The Morgan fingerprint density at radius 3 is 2.83 bits per heavy atom. The molecule has 0 radical (unpaired) electrons. The molecule has 0 aliphatic carbocycles. The molecule has 1 unspecified atom stereocenters. The van der Waals surface area contributed by atoms with Crippen molar-refractivity contribution in [2.24, 2.45) is 5.73 Å². The largest absolute Gasteiger partial charge is 0.346 e. The summed E-state index contributed by atoms with van der Waals surface area (Å²) in [5.74, 6) is 0.151. The van der Waals surface area contributed by atoms with E-state index in [9.17, 15) is 4.79 Å². The van der Waals surface area contributed by atoms with Gasteiger partial charge in [0.15, 0.2) is 0 Å². The third-order valence-electron chi connectivity index (χ3n) is 3.90. The SMILES string of the molecule is CN1CCCC(CN)(c2ccccc2Cl)CC1=O. The van der Waals surface area contributed by atoms with Crippen LogP contribution in [0.1, 0.15) is 24.8 Å². The molecule has 1 heterocycles. The highest BCUT2D eigenvalue weighted by molar-refractivity contribution is 6.31. The molecule has 1 saturated heterocycles. The lowest BCUT2D eigenvalue weighted by Gasteiger charge is -2.32. The summed E-state index contributed by atoms with van der Waals surface area (Å²) in [6.07, 6.45) is 2.32. The molecule has 2 rings (SSSR count). The first-order chi connectivity index (χ1) is 8.59. The van der Waals surface area contributed by atoms with Crippen molar-refractivity contribution in [2.75, 3.05) is 20.1 Å². The second-order valence-electron chi connectivity index (χ2n) is 5.06. The fourth-order valence-electron chi connectivity index (χ4n) is 2.70. The summed E-state index contributed by atoms with van der Waals surface area (Å²) in [4.78, 5) is 13.9. The Hall–Kier alpha value is -1.06. The molecule has 0 aromatic heterocycles. The molecule has 2 N–H and O–H groups in total. The van der Waals surface area contributed by atoms with Crippen LogP contribution >= 0.6 is 11.6 Å². The van der Waals surface area contributed by atoms with Crippen LogP contribution in [-0.4, -0.2) is 30.9 Å². The molecule has 0 bridgehead atoms. The number of carbonyl (C=O) groups is 1. The van der Waals surface area contributed by atoms with Gasteiger partial charge in [-0.3, -0.25) is 4.79 Å². The van der Waals surface area contributed by atoms with Gasteiger partial charge in [-0.25, -0.2) is 0 Å². The van der Waals surface area contributed by atoms with Gasteiger partial charge in [-0.15, -0.1) is 0 Å². The third-order valence-corrected chi connectivity index (χ3v) is 4.23. The molecule has 1 aliphatic rings. The molecule has 98 valence electrons. The molecule has 1 fully saturated rings. The highest BCUT2D eigenvalue weighted by Gasteiger charge is 2.37. The minimum atomic E-state index is -0.305. The summed E-state index contributed by atoms with van der Waals surface area (Å²) in [5, 5.41) is 0.709. The van der Waals surface area contributed by atoms with Crippen LogP contribution in [0.3, 0.4) is 0 Å². The quantitative estimate of drug-likeness (QED) is 0.892. The predicted octanol–water partition coefficient (Wildman–Crippen LogP) is 2.18. The van der Waals surface area contributed by atoms with Gasteiger partial charge in [0.1, 0.15) is 0 Å². The van der Waals surface area contributed by atoms with E-state index in [1.54, 1.807) is 4.90 Å². The topological polar surface area (TPSA) is 46.3 Å². The van der Waals surface area contributed by atoms with Crippen molar-refractivity contribution in [3.05, 3.63) is 34.9 Å². The Kier molecular flexibility index (Phi) is 3.93. The monoisotopic (exact) mass is 266 g/mol. The smallest absolute Gasteiger partial charge is 0.223 e. The first kappa shape index (κ1) is 13.4. The van der Waals surface area contributed by atoms with E-state index < -0.39 is 0 Å². The van der Waals surface area contributed by atoms with Crippen LogP contribution in [0.2, 0.25) is 5.02 Å². The Bertz CT molecular complexity index is 449. The second kappa shape index (κ2) is 5.29. The van der Waals surface area contributed by atoms with E-state index in [4.69, 9.17) is 17.3 Å². The van der Waals surface area contributed by atoms with E-state index in [1.165, 1.54) is 0 Å². The number of hydrogen-bond acceptors (Lipinski definition) is 2. The Balaban J connectivity index is 2.41. The number of nitrogens with two attached hydrogens (primary N) is 1. The van der Waals surface area contributed by atoms with Crippen molar-refractivity contribution < 1.29 is 4.79 Å². The van der Waals surface area contributed by atoms with Crippen LogP contribution in [0.15, 0.2) is 24.3 Å². The molecule has 1 amide bonds. The van der Waals surface area contributed by atoms with Crippen molar-refractivity contribution in [1.82, 2.24) is 4.90 Å². The molecular formula is C14H19ClN2O. The summed E-state index contributed by atoms with van der Waals surface area (Å²) < 4.78 is 0. The van der Waals surface area contributed by atoms with Crippen LogP contribution in [0.4, 0.5) is 0 Å². The van der Waals surface area contributed by atoms with Crippen LogP contribution < -0.4 is 5.73 Å². The van der Waals surface area contributed by atoms with Crippen molar-refractivity contribution in [3.8, 4) is 0 Å². The highest BCUT2D eigenvalue weighted by Crippen LogP contribution is 2.38. The standard InChI is InChI=1S/C14H19ClN2O/c1-17-8-4-7-14(10-16,9-13(17)18)11-5-2-3-6-12(11)15/h2-3,5-6H,4,7-10,16H2,1H3. The molecular weight excluding hydrogens is 248 g/mol. The molecule has 1 atom stereocenters. The van der Waals surface area contributed by atoms with Gasteiger partial charge in [-0.05, 0) is 24.5 Å². The second-order valence-corrected chi connectivity index (χ2v) is 5.47. The lowest BCUT2D eigenvalue weighted by atomic mass is 9.74. The van der Waals surface area contributed by atoms with E-state index in [1.807, 2.05) is 31.3 Å². The number of likely N-dealkylation sites (tertiary alicyclic amines) is 1. The van der Waals surface area contributed by atoms with Crippen molar-refractivity contribution in [1.29, 1.82) is 0 Å². The molecule has 1 aliphatic heterocycles. The van der Waals surface area contributed by atoms with Crippen molar-refractivity contribution >= 4 is 17.5 Å². The first-order valence-corrected chi connectivity index (χ1v) is 6.66. The third kappa shape index (κ3) is 2.38. The Labute approximate surface area is 113 Å². The van der Waals surface area contributed by atoms with Gasteiger partial charge >= 0.3 is 0 Å². The average Bonchev–Trinajstić information content (AvgIpc) is 2.51. The minimum Gasteiger partial charge on any atom is -0.346 e. The molecule has 1 aromatic rings. The van der Waals surface area contributed by atoms with Gasteiger partial charge in [0.05, 0.1) is 0 Å². The molecule has 1 aromatic carbocycles.